The van der Waals surface area contributed by atoms with Gasteiger partial charge >= 0.3 is 5.97 Å². The Labute approximate surface area is 156 Å². The molecule has 0 aromatic rings. The normalized spacial score (nSPS) is 12.6. The van der Waals surface area contributed by atoms with Gasteiger partial charge in [0.1, 0.15) is 11.1 Å². The Hall–Kier alpha value is -1.13. The summed E-state index contributed by atoms with van der Waals surface area (Å²) in [5.74, 6) is -0.206. The summed E-state index contributed by atoms with van der Waals surface area (Å²) in [5, 5.41) is 0. The van der Waals surface area contributed by atoms with Crippen molar-refractivity contribution >= 4 is 28.7 Å². The van der Waals surface area contributed by atoms with Crippen molar-refractivity contribution in [2.45, 2.75) is 58.3 Å². The summed E-state index contributed by atoms with van der Waals surface area (Å²) in [5.41, 5.74) is 0. The molecular weight excluding hydrogens is 336 g/mol. The first-order valence-corrected chi connectivity index (χ1v) is 10.4. The van der Waals surface area contributed by atoms with Crippen molar-refractivity contribution in [1.82, 2.24) is 0 Å². The molecule has 0 N–H and O–H groups in total. The van der Waals surface area contributed by atoms with Gasteiger partial charge in [-0.05, 0) is 44.9 Å². The third-order valence-corrected chi connectivity index (χ3v) is 3.52. The molecule has 0 saturated carbocycles. The van der Waals surface area contributed by atoms with Gasteiger partial charge in [-0.3, -0.25) is 4.79 Å². The highest BCUT2D eigenvalue weighted by Gasteiger charge is 1.99. The Morgan fingerprint density at radius 2 is 1.29 bits per heavy atom. The quantitative estimate of drug-likeness (QED) is 0.118. The van der Waals surface area contributed by atoms with Gasteiger partial charge in [-0.25, -0.2) is 0 Å². The third-order valence-electron chi connectivity index (χ3n) is 3.04. The molecule has 0 aliphatic rings. The highest BCUT2D eigenvalue weighted by molar-refractivity contribution is 8.66. The number of thiol groups is 1. The Morgan fingerprint density at radius 3 is 1.75 bits per heavy atom. The monoisotopic (exact) mass is 366 g/mol. The molecule has 0 aliphatic carbocycles. The average Bonchev–Trinajstić information content (AvgIpc) is 2.58. The number of allylic oxidation sites excluding steroid dienone is 10. The molecule has 0 amide bonds. The molecule has 0 aliphatic heterocycles. The summed E-state index contributed by atoms with van der Waals surface area (Å²) in [6.45, 7) is 2.15. The van der Waals surface area contributed by atoms with Gasteiger partial charge < -0.3 is 4.18 Å². The predicted octanol–water partition coefficient (Wildman–Crippen LogP) is 6.94. The lowest BCUT2D eigenvalue weighted by Gasteiger charge is -1.96. The maximum Gasteiger partial charge on any atom is 0.318 e. The fourth-order valence-corrected chi connectivity index (χ4v) is 2.23. The van der Waals surface area contributed by atoms with Crippen molar-refractivity contribution in [3.8, 4) is 0 Å². The van der Waals surface area contributed by atoms with Crippen molar-refractivity contribution in [2.24, 2.45) is 0 Å². The lowest BCUT2D eigenvalue weighted by Crippen LogP contribution is -1.96. The summed E-state index contributed by atoms with van der Waals surface area (Å²) >= 11 is 4.56. The molecule has 0 spiro atoms. The summed E-state index contributed by atoms with van der Waals surface area (Å²) in [7, 11) is 0. The Balaban J connectivity index is 3.48. The minimum absolute atomic E-state index is 0.206. The highest BCUT2D eigenvalue weighted by atomic mass is 33.1. The van der Waals surface area contributed by atoms with E-state index in [-0.39, 0.29) is 5.97 Å². The minimum Gasteiger partial charge on any atom is -0.380 e. The van der Waals surface area contributed by atoms with Gasteiger partial charge in [-0.1, -0.05) is 79.3 Å². The van der Waals surface area contributed by atoms with E-state index in [4.69, 9.17) is 0 Å². The fourth-order valence-electron chi connectivity index (χ4n) is 1.82. The van der Waals surface area contributed by atoms with Crippen molar-refractivity contribution in [3.05, 3.63) is 60.8 Å². The number of rotatable bonds is 14. The van der Waals surface area contributed by atoms with E-state index in [9.17, 15) is 4.79 Å². The first-order chi connectivity index (χ1) is 11.8. The molecule has 0 unspecified atom stereocenters. The predicted molar refractivity (Wildman–Crippen MR) is 111 cm³/mol. The van der Waals surface area contributed by atoms with Gasteiger partial charge in [0, 0.05) is 6.42 Å². The first kappa shape index (κ1) is 22.9. The molecule has 0 radical (unpaired) electrons. The maximum atomic E-state index is 11.1. The van der Waals surface area contributed by atoms with Crippen molar-refractivity contribution in [1.29, 1.82) is 0 Å². The Morgan fingerprint density at radius 1 is 0.833 bits per heavy atom. The van der Waals surface area contributed by atoms with Crippen LogP contribution in [0.15, 0.2) is 60.8 Å². The van der Waals surface area contributed by atoms with Gasteiger partial charge in [-0.15, -0.1) is 0 Å². The van der Waals surface area contributed by atoms with Gasteiger partial charge in [0.05, 0.1) is 0 Å². The summed E-state index contributed by atoms with van der Waals surface area (Å²) in [6.07, 6.45) is 29.0. The molecule has 0 rings (SSSR count). The molecule has 2 nitrogen and oxygen atoms in total. The second-order valence-electron chi connectivity index (χ2n) is 5.13. The van der Waals surface area contributed by atoms with Gasteiger partial charge in [0.15, 0.2) is 0 Å². The first-order valence-electron chi connectivity index (χ1n) is 8.57. The van der Waals surface area contributed by atoms with Crippen LogP contribution in [0.5, 0.6) is 0 Å². The number of carbonyl (C=O) groups is 1. The van der Waals surface area contributed by atoms with Crippen LogP contribution in [0.1, 0.15) is 58.3 Å². The lowest BCUT2D eigenvalue weighted by atomic mass is 10.2. The van der Waals surface area contributed by atoms with E-state index in [2.05, 4.69) is 83.5 Å². The summed E-state index contributed by atoms with van der Waals surface area (Å²) in [4.78, 5) is 11.1. The summed E-state index contributed by atoms with van der Waals surface area (Å²) < 4.78 is 4.66. The van der Waals surface area contributed by atoms with E-state index in [0.29, 0.717) is 6.42 Å². The standard InChI is InChI=1S/C20H30O2S2/c1-2-3-4-5-6-7-8-9-10-11-12-13-14-15-16-17-18-19-20(21)22-24-23/h3-4,6-7,9-10,12-13,15-16,23H,2,5,8,11,14,17-19H2,1H3. The second kappa shape index (κ2) is 19.9. The van der Waals surface area contributed by atoms with Crippen molar-refractivity contribution in [2.75, 3.05) is 0 Å². The number of unbranched alkanes of at least 4 members (excludes halogenated alkanes) is 1. The minimum atomic E-state index is -0.206. The van der Waals surface area contributed by atoms with Crippen LogP contribution in [0, 0.1) is 0 Å². The Kier molecular flexibility index (Phi) is 19.0. The molecule has 24 heavy (non-hydrogen) atoms. The molecular formula is C20H30O2S2. The van der Waals surface area contributed by atoms with E-state index in [1.165, 1.54) is 0 Å². The smallest absolute Gasteiger partial charge is 0.318 e. The zero-order valence-electron chi connectivity index (χ0n) is 14.6. The van der Waals surface area contributed by atoms with Crippen LogP contribution < -0.4 is 0 Å². The largest absolute Gasteiger partial charge is 0.380 e. The fraction of sp³-hybridized carbons (Fsp3) is 0.450. The van der Waals surface area contributed by atoms with Gasteiger partial charge in [0.25, 0.3) is 0 Å². The SMILES string of the molecule is CCC=CCC=CCC=CCC=CCC=CCCCC(=O)OSS. The van der Waals surface area contributed by atoms with E-state index in [0.717, 1.165) is 56.0 Å². The average molecular weight is 367 g/mol. The number of hydrogen-bond acceptors (Lipinski definition) is 4. The van der Waals surface area contributed by atoms with Crippen LogP contribution >= 0.6 is 22.7 Å². The highest BCUT2D eigenvalue weighted by Crippen LogP contribution is 2.10. The zero-order chi connectivity index (χ0) is 17.7. The van der Waals surface area contributed by atoms with Crippen LogP contribution in [-0.2, 0) is 8.98 Å². The molecule has 0 saturated heterocycles. The summed E-state index contributed by atoms with van der Waals surface area (Å²) in [6, 6.07) is 0. The molecule has 0 heterocycles. The Bertz CT molecular complexity index is 435. The van der Waals surface area contributed by atoms with E-state index in [1.54, 1.807) is 0 Å². The molecule has 0 bridgehead atoms. The molecule has 4 heteroatoms. The van der Waals surface area contributed by atoms with E-state index >= 15 is 0 Å². The third kappa shape index (κ3) is 18.9. The van der Waals surface area contributed by atoms with Crippen LogP contribution in [0.25, 0.3) is 0 Å². The van der Waals surface area contributed by atoms with Crippen LogP contribution in [0.2, 0.25) is 0 Å². The molecule has 0 atom stereocenters. The van der Waals surface area contributed by atoms with Gasteiger partial charge in [0.2, 0.25) is 0 Å². The van der Waals surface area contributed by atoms with Crippen LogP contribution in [-0.4, -0.2) is 5.97 Å². The van der Waals surface area contributed by atoms with Crippen molar-refractivity contribution < 1.29 is 8.98 Å². The maximum absolute atomic E-state index is 11.1. The molecule has 0 aromatic carbocycles. The van der Waals surface area contributed by atoms with Crippen LogP contribution in [0.4, 0.5) is 0 Å². The molecule has 0 fully saturated rings. The van der Waals surface area contributed by atoms with E-state index in [1.807, 2.05) is 0 Å². The van der Waals surface area contributed by atoms with E-state index < -0.39 is 0 Å². The topological polar surface area (TPSA) is 26.3 Å². The van der Waals surface area contributed by atoms with Crippen LogP contribution in [0.3, 0.4) is 0 Å². The van der Waals surface area contributed by atoms with Gasteiger partial charge in [-0.2, -0.15) is 0 Å². The number of carbonyl (C=O) groups excluding carboxylic acids is 1. The number of hydrogen-bond donors (Lipinski definition) is 1. The molecule has 0 aromatic heterocycles. The second-order valence-corrected chi connectivity index (χ2v) is 5.89. The molecule has 134 valence electrons. The zero-order valence-corrected chi connectivity index (χ0v) is 16.3. The van der Waals surface area contributed by atoms with Crippen molar-refractivity contribution in [3.63, 3.8) is 0 Å². The lowest BCUT2D eigenvalue weighted by molar-refractivity contribution is -0.133.